The van der Waals surface area contributed by atoms with Crippen LogP contribution in [0.5, 0.6) is 0 Å². The maximum atomic E-state index is 5.47. The fourth-order valence-corrected chi connectivity index (χ4v) is 2.39. The maximum absolute atomic E-state index is 5.47. The van der Waals surface area contributed by atoms with Crippen molar-refractivity contribution < 1.29 is 0 Å². The molecule has 0 aromatic carbocycles. The van der Waals surface area contributed by atoms with Crippen LogP contribution in [0.2, 0.25) is 0 Å². The number of nitrogens with two attached hydrogens (primary N) is 1. The molecule has 0 unspecified atom stereocenters. The van der Waals surface area contributed by atoms with Crippen LogP contribution in [0.15, 0.2) is 12.2 Å². The third-order valence-corrected chi connectivity index (χ3v) is 3.72. The van der Waals surface area contributed by atoms with Crippen LogP contribution in [0.4, 0.5) is 0 Å². The number of rotatable bonds is 15. The molecule has 1 nitrogen and oxygen atoms in total. The summed E-state index contributed by atoms with van der Waals surface area (Å²) in [5, 5.41) is 0. The average Bonchev–Trinajstić information content (AvgIpc) is 2.50. The first-order chi connectivity index (χ1) is 11.1. The zero-order valence-electron chi connectivity index (χ0n) is 15.0. The molecule has 0 aromatic rings. The molecule has 0 heterocycles. The molecule has 0 aliphatic carbocycles. The molecule has 0 fully saturated rings. The van der Waals surface area contributed by atoms with Gasteiger partial charge in [-0.25, -0.2) is 0 Å². The van der Waals surface area contributed by atoms with E-state index in [2.05, 4.69) is 19.1 Å². The second-order valence-electron chi connectivity index (χ2n) is 5.97. The van der Waals surface area contributed by atoms with E-state index >= 15 is 0 Å². The molecule has 0 amide bonds. The minimum atomic E-state index is -2.22. The Morgan fingerprint density at radius 3 is 1.39 bits per heavy atom. The molecular formula is C18H37Cl3InN. The van der Waals surface area contributed by atoms with Crippen LogP contribution >= 0.6 is 25.7 Å². The van der Waals surface area contributed by atoms with Crippen LogP contribution in [0, 0.1) is 0 Å². The summed E-state index contributed by atoms with van der Waals surface area (Å²) in [6.07, 6.45) is 23.9. The van der Waals surface area contributed by atoms with E-state index in [0.29, 0.717) is 0 Å². The van der Waals surface area contributed by atoms with Crippen LogP contribution in [-0.4, -0.2) is 24.4 Å². The third-order valence-electron chi connectivity index (χ3n) is 3.72. The molecule has 0 saturated heterocycles. The summed E-state index contributed by atoms with van der Waals surface area (Å²) < 4.78 is 0. The van der Waals surface area contributed by atoms with Gasteiger partial charge in [0.15, 0.2) is 0 Å². The van der Waals surface area contributed by atoms with Crippen molar-refractivity contribution in [2.24, 2.45) is 5.73 Å². The second kappa shape index (κ2) is 25.7. The summed E-state index contributed by atoms with van der Waals surface area (Å²) in [6, 6.07) is 0. The van der Waals surface area contributed by atoms with Gasteiger partial charge in [-0.15, -0.1) is 0 Å². The van der Waals surface area contributed by atoms with Crippen molar-refractivity contribution in [3.63, 3.8) is 0 Å². The van der Waals surface area contributed by atoms with Crippen molar-refractivity contribution in [2.75, 3.05) is 6.54 Å². The van der Waals surface area contributed by atoms with E-state index in [1.807, 2.05) is 0 Å². The van der Waals surface area contributed by atoms with Crippen molar-refractivity contribution >= 4 is 43.6 Å². The van der Waals surface area contributed by atoms with Gasteiger partial charge in [-0.05, 0) is 38.6 Å². The Morgan fingerprint density at radius 2 is 1.00 bits per heavy atom. The van der Waals surface area contributed by atoms with Crippen molar-refractivity contribution in [3.8, 4) is 0 Å². The Bertz CT molecular complexity index is 224. The first-order valence-electron chi connectivity index (χ1n) is 9.42. The normalized spacial score (nSPS) is 10.7. The zero-order chi connectivity index (χ0) is 17.6. The molecule has 0 rings (SSSR count). The predicted octanol–water partition coefficient (Wildman–Crippen LogP) is 7.67. The second-order valence-corrected chi connectivity index (χ2v) is 20.7. The molecule has 0 spiro atoms. The van der Waals surface area contributed by atoms with Gasteiger partial charge in [-0.2, -0.15) is 0 Å². The molecular weight excluding hydrogens is 451 g/mol. The molecule has 0 aliphatic rings. The van der Waals surface area contributed by atoms with Gasteiger partial charge in [0.25, 0.3) is 0 Å². The van der Waals surface area contributed by atoms with E-state index in [1.165, 1.54) is 89.9 Å². The Kier molecular flexibility index (Phi) is 29.8. The Balaban J connectivity index is 0. The number of halogens is 3. The van der Waals surface area contributed by atoms with Crippen molar-refractivity contribution in [1.29, 1.82) is 0 Å². The molecule has 5 heteroatoms. The van der Waals surface area contributed by atoms with E-state index in [0.717, 1.165) is 6.54 Å². The van der Waals surface area contributed by atoms with Gasteiger partial charge in [0, 0.05) is 0 Å². The monoisotopic (exact) mass is 487 g/mol. The van der Waals surface area contributed by atoms with Crippen LogP contribution in [0.1, 0.15) is 96.8 Å². The van der Waals surface area contributed by atoms with Gasteiger partial charge >= 0.3 is 43.6 Å². The van der Waals surface area contributed by atoms with Crippen LogP contribution in [-0.2, 0) is 0 Å². The van der Waals surface area contributed by atoms with Crippen molar-refractivity contribution in [3.05, 3.63) is 12.2 Å². The Labute approximate surface area is 164 Å². The Hall–Kier alpha value is 1.44. The molecule has 0 atom stereocenters. The summed E-state index contributed by atoms with van der Waals surface area (Å²) in [5.74, 6) is 0. The molecule has 0 aromatic heterocycles. The SMILES string of the molecule is CCCCCCCC/C=C\CCCCCCCCN.[Cl][In]([Cl])[Cl]. The van der Waals surface area contributed by atoms with Crippen LogP contribution in [0.25, 0.3) is 0 Å². The summed E-state index contributed by atoms with van der Waals surface area (Å²) in [6.45, 7) is 3.14. The first-order valence-corrected chi connectivity index (χ1v) is 21.9. The first kappa shape index (κ1) is 26.7. The van der Waals surface area contributed by atoms with Gasteiger partial charge in [0.2, 0.25) is 0 Å². The van der Waals surface area contributed by atoms with Crippen LogP contribution in [0.3, 0.4) is 0 Å². The van der Waals surface area contributed by atoms with E-state index in [1.54, 1.807) is 0 Å². The minimum absolute atomic E-state index is 0.862. The molecule has 0 aliphatic heterocycles. The van der Waals surface area contributed by atoms with Gasteiger partial charge in [0.1, 0.15) is 0 Å². The summed E-state index contributed by atoms with van der Waals surface area (Å²) in [7, 11) is 15.0. The molecule has 138 valence electrons. The fraction of sp³-hybridized carbons (Fsp3) is 0.889. The van der Waals surface area contributed by atoms with Crippen molar-refractivity contribution in [2.45, 2.75) is 96.8 Å². The molecule has 2 N–H and O–H groups in total. The van der Waals surface area contributed by atoms with E-state index in [9.17, 15) is 0 Å². The number of unbranched alkanes of at least 4 members (excludes halogenated alkanes) is 12. The van der Waals surface area contributed by atoms with E-state index < -0.39 is 17.9 Å². The number of allylic oxidation sites excluding steroid dienone is 2. The van der Waals surface area contributed by atoms with E-state index in [4.69, 9.17) is 31.5 Å². The standard InChI is InChI=1S/C18H37N.3ClH.In/c1-2-3-4-5-6-7-8-9-10-11-12-13-14-15-16-17-18-19;;;;/h9-10H,2-8,11-19H2,1H3;3*1H;/q;;;;+3/p-3/b10-9-;;;;. The van der Waals surface area contributed by atoms with E-state index in [-0.39, 0.29) is 0 Å². The average molecular weight is 489 g/mol. The molecule has 0 saturated carbocycles. The van der Waals surface area contributed by atoms with Gasteiger partial charge in [-0.3, -0.25) is 0 Å². The molecule has 23 heavy (non-hydrogen) atoms. The van der Waals surface area contributed by atoms with Crippen LogP contribution < -0.4 is 5.73 Å². The molecule has 0 bridgehead atoms. The molecule has 0 radical (unpaired) electrons. The zero-order valence-corrected chi connectivity index (χ0v) is 20.6. The number of hydrogen-bond acceptors (Lipinski definition) is 1. The Morgan fingerprint density at radius 1 is 0.652 bits per heavy atom. The quantitative estimate of drug-likeness (QED) is 0.186. The van der Waals surface area contributed by atoms with Gasteiger partial charge in [-0.1, -0.05) is 76.9 Å². The summed E-state index contributed by atoms with van der Waals surface area (Å²) in [5.41, 5.74) is 5.47. The summed E-state index contributed by atoms with van der Waals surface area (Å²) in [4.78, 5) is 0. The third kappa shape index (κ3) is 35.4. The predicted molar refractivity (Wildman–Crippen MR) is 112 cm³/mol. The van der Waals surface area contributed by atoms with Gasteiger partial charge < -0.3 is 5.73 Å². The number of hydrogen-bond donors (Lipinski definition) is 1. The fourth-order valence-electron chi connectivity index (χ4n) is 2.39. The van der Waals surface area contributed by atoms with Gasteiger partial charge in [0.05, 0.1) is 0 Å². The topological polar surface area (TPSA) is 26.0 Å². The van der Waals surface area contributed by atoms with Crippen molar-refractivity contribution in [1.82, 2.24) is 0 Å². The summed E-state index contributed by atoms with van der Waals surface area (Å²) >= 11 is -2.22.